The highest BCUT2D eigenvalue weighted by Gasteiger charge is 2.14. The van der Waals surface area contributed by atoms with Gasteiger partial charge in [-0.05, 0) is 25.5 Å². The van der Waals surface area contributed by atoms with Crippen molar-refractivity contribution in [2.24, 2.45) is 5.73 Å². The highest BCUT2D eigenvalue weighted by atomic mass is 16.3. The Kier molecular flexibility index (Phi) is 6.07. The molecule has 4 heteroatoms. The van der Waals surface area contributed by atoms with Crippen LogP contribution in [0.25, 0.3) is 0 Å². The van der Waals surface area contributed by atoms with Crippen LogP contribution in [0.1, 0.15) is 29.3 Å². The zero-order valence-electron chi connectivity index (χ0n) is 11.4. The lowest BCUT2D eigenvalue weighted by Gasteiger charge is -2.18. The second-order valence-electron chi connectivity index (χ2n) is 4.42. The minimum atomic E-state index is -0.414. The number of hydrogen-bond acceptors (Lipinski definition) is 3. The summed E-state index contributed by atoms with van der Waals surface area (Å²) in [6.07, 6.45) is 0.140. The number of aliphatic hydroxyl groups excluding tert-OH is 1. The third-order valence-electron chi connectivity index (χ3n) is 2.71. The maximum atomic E-state index is 12.3. The van der Waals surface area contributed by atoms with Gasteiger partial charge in [0.15, 0.2) is 0 Å². The van der Waals surface area contributed by atoms with Crippen molar-refractivity contribution in [3.63, 3.8) is 0 Å². The van der Waals surface area contributed by atoms with Crippen LogP contribution in [0.5, 0.6) is 0 Å². The molecule has 0 heterocycles. The zero-order chi connectivity index (χ0) is 14.3. The molecular formula is C15H20N2O2. The Morgan fingerprint density at radius 2 is 2.16 bits per heavy atom. The molecule has 1 amide bonds. The average Bonchev–Trinajstić information content (AvgIpc) is 2.42. The lowest BCUT2D eigenvalue weighted by molar-refractivity contribution is 0.0768. The molecule has 0 aliphatic rings. The van der Waals surface area contributed by atoms with Crippen molar-refractivity contribution >= 4 is 5.91 Å². The van der Waals surface area contributed by atoms with Gasteiger partial charge in [-0.2, -0.15) is 0 Å². The third kappa shape index (κ3) is 4.74. The maximum Gasteiger partial charge on any atom is 0.254 e. The summed E-state index contributed by atoms with van der Waals surface area (Å²) in [6.45, 7) is 2.48. The molecule has 4 nitrogen and oxygen atoms in total. The van der Waals surface area contributed by atoms with Crippen molar-refractivity contribution in [1.82, 2.24) is 4.90 Å². The second-order valence-corrected chi connectivity index (χ2v) is 4.42. The fourth-order valence-electron chi connectivity index (χ4n) is 1.61. The van der Waals surface area contributed by atoms with Crippen molar-refractivity contribution in [3.8, 4) is 11.8 Å². The molecule has 1 aromatic rings. The van der Waals surface area contributed by atoms with Crippen LogP contribution in [-0.2, 0) is 0 Å². The molecule has 19 heavy (non-hydrogen) atoms. The molecule has 0 radical (unpaired) electrons. The van der Waals surface area contributed by atoms with Gasteiger partial charge < -0.3 is 15.7 Å². The van der Waals surface area contributed by atoms with E-state index in [4.69, 9.17) is 5.73 Å². The number of nitrogens with two attached hydrogens (primary N) is 1. The number of benzene rings is 1. The van der Waals surface area contributed by atoms with E-state index < -0.39 is 6.10 Å². The van der Waals surface area contributed by atoms with Gasteiger partial charge in [-0.25, -0.2) is 0 Å². The van der Waals surface area contributed by atoms with Crippen LogP contribution in [0.15, 0.2) is 24.3 Å². The quantitative estimate of drug-likeness (QED) is 0.788. The molecule has 0 saturated heterocycles. The minimum absolute atomic E-state index is 0.0948. The first-order valence-electron chi connectivity index (χ1n) is 6.27. The summed E-state index contributed by atoms with van der Waals surface area (Å²) in [4.78, 5) is 13.9. The Balaban J connectivity index is 2.87. The first-order valence-corrected chi connectivity index (χ1v) is 6.27. The summed E-state index contributed by atoms with van der Waals surface area (Å²) in [7, 11) is 1.72. The number of nitrogens with zero attached hydrogens (tertiary/aromatic N) is 1. The van der Waals surface area contributed by atoms with Crippen molar-refractivity contribution in [3.05, 3.63) is 35.4 Å². The molecule has 1 aromatic carbocycles. The standard InChI is InChI=1S/C15H20N2O2/c1-12(18)9-11-17(2)15(19)14-8-4-3-6-13(14)7-5-10-16/h3-4,6,8,12,18H,9-11,16H2,1-2H3. The molecule has 0 fully saturated rings. The third-order valence-corrected chi connectivity index (χ3v) is 2.71. The zero-order valence-corrected chi connectivity index (χ0v) is 11.4. The highest BCUT2D eigenvalue weighted by molar-refractivity contribution is 5.96. The number of hydrogen-bond donors (Lipinski definition) is 2. The van der Waals surface area contributed by atoms with E-state index in [1.165, 1.54) is 0 Å². The Morgan fingerprint density at radius 3 is 2.79 bits per heavy atom. The minimum Gasteiger partial charge on any atom is -0.393 e. The van der Waals surface area contributed by atoms with Gasteiger partial charge >= 0.3 is 0 Å². The smallest absolute Gasteiger partial charge is 0.254 e. The molecule has 0 bridgehead atoms. The molecule has 1 unspecified atom stereocenters. The summed E-state index contributed by atoms with van der Waals surface area (Å²) < 4.78 is 0. The van der Waals surface area contributed by atoms with E-state index in [1.807, 2.05) is 12.1 Å². The van der Waals surface area contributed by atoms with Crippen molar-refractivity contribution < 1.29 is 9.90 Å². The summed E-state index contributed by atoms with van der Waals surface area (Å²) in [5.41, 5.74) is 6.60. The predicted molar refractivity (Wildman–Crippen MR) is 75.6 cm³/mol. The molecule has 1 rings (SSSR count). The molecule has 0 aromatic heterocycles. The van der Waals surface area contributed by atoms with Crippen molar-refractivity contribution in [2.45, 2.75) is 19.4 Å². The van der Waals surface area contributed by atoms with Gasteiger partial charge in [-0.3, -0.25) is 4.79 Å². The first kappa shape index (κ1) is 15.2. The molecule has 0 aliphatic carbocycles. The number of carbonyl (C=O) groups is 1. The topological polar surface area (TPSA) is 66.6 Å². The maximum absolute atomic E-state index is 12.3. The van der Waals surface area contributed by atoms with Gasteiger partial charge in [0.2, 0.25) is 0 Å². The first-order chi connectivity index (χ1) is 9.06. The van der Waals surface area contributed by atoms with Crippen LogP contribution in [0.3, 0.4) is 0 Å². The van der Waals surface area contributed by atoms with Gasteiger partial charge in [0.1, 0.15) is 0 Å². The summed E-state index contributed by atoms with van der Waals surface area (Å²) >= 11 is 0. The Morgan fingerprint density at radius 1 is 1.47 bits per heavy atom. The lowest BCUT2D eigenvalue weighted by atomic mass is 10.1. The van der Waals surface area contributed by atoms with Crippen LogP contribution in [0.2, 0.25) is 0 Å². The van der Waals surface area contributed by atoms with Crippen LogP contribution in [0.4, 0.5) is 0 Å². The van der Waals surface area contributed by atoms with E-state index in [0.29, 0.717) is 24.1 Å². The fourth-order valence-corrected chi connectivity index (χ4v) is 1.61. The number of rotatable bonds is 4. The summed E-state index contributed by atoms with van der Waals surface area (Å²) in [6, 6.07) is 7.20. The Bertz CT molecular complexity index is 486. The van der Waals surface area contributed by atoms with E-state index in [9.17, 15) is 9.90 Å². The van der Waals surface area contributed by atoms with E-state index in [0.717, 1.165) is 0 Å². The largest absolute Gasteiger partial charge is 0.393 e. The molecular weight excluding hydrogens is 240 g/mol. The van der Waals surface area contributed by atoms with Gasteiger partial charge in [0, 0.05) is 19.2 Å². The van der Waals surface area contributed by atoms with Crippen molar-refractivity contribution in [2.75, 3.05) is 20.1 Å². The Hall–Kier alpha value is -1.83. The molecule has 1 atom stereocenters. The number of amides is 1. The van der Waals surface area contributed by atoms with Gasteiger partial charge in [0.05, 0.1) is 18.2 Å². The summed E-state index contributed by atoms with van der Waals surface area (Å²) in [5.74, 6) is 5.56. The molecule has 0 aliphatic heterocycles. The van der Waals surface area contributed by atoms with E-state index in [-0.39, 0.29) is 12.5 Å². The van der Waals surface area contributed by atoms with E-state index >= 15 is 0 Å². The van der Waals surface area contributed by atoms with E-state index in [2.05, 4.69) is 11.8 Å². The number of aliphatic hydroxyl groups is 1. The summed E-state index contributed by atoms with van der Waals surface area (Å²) in [5, 5.41) is 9.25. The van der Waals surface area contributed by atoms with Gasteiger partial charge in [-0.15, -0.1) is 0 Å². The van der Waals surface area contributed by atoms with Gasteiger partial charge in [-0.1, -0.05) is 24.0 Å². The van der Waals surface area contributed by atoms with Crippen LogP contribution in [0, 0.1) is 11.8 Å². The monoisotopic (exact) mass is 260 g/mol. The molecule has 0 saturated carbocycles. The number of carbonyl (C=O) groups excluding carboxylic acids is 1. The van der Waals surface area contributed by atoms with Gasteiger partial charge in [0.25, 0.3) is 5.91 Å². The van der Waals surface area contributed by atoms with E-state index in [1.54, 1.807) is 31.0 Å². The predicted octanol–water partition coefficient (Wildman–Crippen LogP) is 0.840. The molecule has 102 valence electrons. The lowest BCUT2D eigenvalue weighted by Crippen LogP contribution is -2.30. The molecule has 3 N–H and O–H groups in total. The Labute approximate surface area is 114 Å². The SMILES string of the molecule is CC(O)CCN(C)C(=O)c1ccccc1C#CCN. The second kappa shape index (κ2) is 7.57. The molecule has 0 spiro atoms. The van der Waals surface area contributed by atoms with Crippen LogP contribution >= 0.6 is 0 Å². The normalized spacial score (nSPS) is 11.4. The van der Waals surface area contributed by atoms with Crippen LogP contribution in [-0.4, -0.2) is 42.2 Å². The van der Waals surface area contributed by atoms with Crippen molar-refractivity contribution in [1.29, 1.82) is 0 Å². The highest BCUT2D eigenvalue weighted by Crippen LogP contribution is 2.10. The average molecular weight is 260 g/mol. The fraction of sp³-hybridized carbons (Fsp3) is 0.400. The van der Waals surface area contributed by atoms with Crippen LogP contribution < -0.4 is 5.73 Å².